The third-order valence-electron chi connectivity index (χ3n) is 1.65. The molecule has 0 amide bonds. The van der Waals surface area contributed by atoms with Gasteiger partial charge in [-0.25, -0.2) is 0 Å². The van der Waals surface area contributed by atoms with Crippen LogP contribution in [0, 0.1) is 0 Å². The molecule has 1 aromatic carbocycles. The van der Waals surface area contributed by atoms with Gasteiger partial charge < -0.3 is 5.11 Å². The molecule has 0 fully saturated rings. The minimum atomic E-state index is 0.0540. The highest BCUT2D eigenvalue weighted by Crippen LogP contribution is 2.03. The molecule has 66 valence electrons. The number of benzene rings is 1. The van der Waals surface area contributed by atoms with Crippen LogP contribution in [-0.4, -0.2) is 22.6 Å². The van der Waals surface area contributed by atoms with Gasteiger partial charge in [0.15, 0.2) is 0 Å². The lowest BCUT2D eigenvalue weighted by molar-refractivity contribution is 0.121. The molecule has 0 aliphatic carbocycles. The molecule has 0 saturated heterocycles. The van der Waals surface area contributed by atoms with Crippen molar-refractivity contribution in [3.63, 3.8) is 0 Å². The summed E-state index contributed by atoms with van der Waals surface area (Å²) in [5, 5.41) is 8.86. The molecule has 1 N–H and O–H groups in total. The van der Waals surface area contributed by atoms with E-state index < -0.39 is 0 Å². The molecular formula is C9H13NOS. The maximum Gasteiger partial charge on any atom is 0.0966 e. The maximum absolute atomic E-state index is 8.86. The second-order valence-corrected chi connectivity index (χ2v) is 2.88. The highest BCUT2D eigenvalue weighted by atomic mass is 32.1. The Bertz CT molecular complexity index is 211. The lowest BCUT2D eigenvalue weighted by Crippen LogP contribution is -2.22. The number of rotatable bonds is 4. The number of aliphatic hydroxyl groups excluding tert-OH is 1. The van der Waals surface area contributed by atoms with Crippen LogP contribution in [0.2, 0.25) is 0 Å². The number of aliphatic hydroxyl groups is 1. The first-order valence-corrected chi connectivity index (χ1v) is 4.48. The van der Waals surface area contributed by atoms with Gasteiger partial charge in [-0.15, -0.1) is 0 Å². The number of thiol groups is 1. The molecule has 0 unspecified atom stereocenters. The van der Waals surface area contributed by atoms with E-state index in [1.165, 1.54) is 5.56 Å². The van der Waals surface area contributed by atoms with E-state index in [1.807, 2.05) is 35.2 Å². The summed E-state index contributed by atoms with van der Waals surface area (Å²) in [5.41, 5.74) is 1.20. The molecule has 0 radical (unpaired) electrons. The normalized spacial score (nSPS) is 10.6. The summed E-state index contributed by atoms with van der Waals surface area (Å²) in [4.78, 5) is 1.83. The lowest BCUT2D eigenvalue weighted by Gasteiger charge is -2.15. The largest absolute Gasteiger partial charge is 0.381 e. The third kappa shape index (κ3) is 2.85. The van der Waals surface area contributed by atoms with Crippen LogP contribution in [0.4, 0.5) is 0 Å². The SMILES string of the molecule is OCN(CS)Cc1ccccc1. The highest BCUT2D eigenvalue weighted by Gasteiger charge is 1.99. The number of hydrogen-bond acceptors (Lipinski definition) is 3. The zero-order chi connectivity index (χ0) is 8.81. The first-order chi connectivity index (χ1) is 5.86. The van der Waals surface area contributed by atoms with Crippen molar-refractivity contribution in [1.82, 2.24) is 4.90 Å². The van der Waals surface area contributed by atoms with Crippen molar-refractivity contribution in [3.8, 4) is 0 Å². The molecule has 3 heteroatoms. The van der Waals surface area contributed by atoms with Crippen LogP contribution in [0.5, 0.6) is 0 Å². The topological polar surface area (TPSA) is 23.5 Å². The summed E-state index contributed by atoms with van der Waals surface area (Å²) < 4.78 is 0. The van der Waals surface area contributed by atoms with Gasteiger partial charge in [0.05, 0.1) is 6.73 Å². The average Bonchev–Trinajstić information content (AvgIpc) is 2.16. The first kappa shape index (κ1) is 9.58. The summed E-state index contributed by atoms with van der Waals surface area (Å²) in [6.07, 6.45) is 0. The van der Waals surface area contributed by atoms with Crippen LogP contribution in [0.15, 0.2) is 30.3 Å². The van der Waals surface area contributed by atoms with E-state index in [0.29, 0.717) is 5.88 Å². The van der Waals surface area contributed by atoms with Gasteiger partial charge in [-0.3, -0.25) is 4.90 Å². The van der Waals surface area contributed by atoms with E-state index in [0.717, 1.165) is 6.54 Å². The molecule has 1 aromatic rings. The molecule has 12 heavy (non-hydrogen) atoms. The molecule has 0 aliphatic heterocycles. The van der Waals surface area contributed by atoms with Crippen LogP contribution in [0.3, 0.4) is 0 Å². The zero-order valence-corrected chi connectivity index (χ0v) is 7.74. The third-order valence-corrected chi connectivity index (χ3v) is 2.05. The Labute approximate surface area is 78.2 Å². The minimum absolute atomic E-state index is 0.0540. The molecule has 0 spiro atoms. The summed E-state index contributed by atoms with van der Waals surface area (Å²) in [7, 11) is 0. The molecule has 0 heterocycles. The lowest BCUT2D eigenvalue weighted by atomic mass is 10.2. The summed E-state index contributed by atoms with van der Waals surface area (Å²) in [6, 6.07) is 10.0. The standard InChI is InChI=1S/C9H13NOS/c11-7-10(8-12)6-9-4-2-1-3-5-9/h1-5,11-12H,6-8H2. The summed E-state index contributed by atoms with van der Waals surface area (Å²) in [6.45, 7) is 0.805. The predicted molar refractivity (Wildman–Crippen MR) is 52.9 cm³/mol. The average molecular weight is 183 g/mol. The Morgan fingerprint density at radius 3 is 2.42 bits per heavy atom. The Balaban J connectivity index is 2.51. The molecule has 2 nitrogen and oxygen atoms in total. The van der Waals surface area contributed by atoms with E-state index in [4.69, 9.17) is 5.11 Å². The smallest absolute Gasteiger partial charge is 0.0966 e. The Morgan fingerprint density at radius 1 is 1.25 bits per heavy atom. The van der Waals surface area contributed by atoms with Crippen molar-refractivity contribution in [1.29, 1.82) is 0 Å². The number of hydrogen-bond donors (Lipinski definition) is 2. The van der Waals surface area contributed by atoms with Gasteiger partial charge in [0, 0.05) is 12.4 Å². The molecule has 0 aromatic heterocycles. The minimum Gasteiger partial charge on any atom is -0.381 e. The van der Waals surface area contributed by atoms with Crippen molar-refractivity contribution in [3.05, 3.63) is 35.9 Å². The molecule has 0 saturated carbocycles. The molecule has 0 bridgehead atoms. The van der Waals surface area contributed by atoms with E-state index in [2.05, 4.69) is 12.6 Å². The fraction of sp³-hybridized carbons (Fsp3) is 0.333. The Hall–Kier alpha value is -0.510. The fourth-order valence-electron chi connectivity index (χ4n) is 0.986. The van der Waals surface area contributed by atoms with Gasteiger partial charge in [0.25, 0.3) is 0 Å². The van der Waals surface area contributed by atoms with Gasteiger partial charge in [-0.2, -0.15) is 12.6 Å². The van der Waals surface area contributed by atoms with Crippen molar-refractivity contribution in [2.75, 3.05) is 12.6 Å². The van der Waals surface area contributed by atoms with E-state index >= 15 is 0 Å². The summed E-state index contributed by atoms with van der Waals surface area (Å²) >= 11 is 4.09. The van der Waals surface area contributed by atoms with E-state index in [1.54, 1.807) is 0 Å². The van der Waals surface area contributed by atoms with Crippen molar-refractivity contribution < 1.29 is 5.11 Å². The summed E-state index contributed by atoms with van der Waals surface area (Å²) in [5.74, 6) is 0.575. The van der Waals surface area contributed by atoms with E-state index in [9.17, 15) is 0 Å². The van der Waals surface area contributed by atoms with Crippen LogP contribution < -0.4 is 0 Å². The Kier molecular flexibility index (Phi) is 4.14. The van der Waals surface area contributed by atoms with Gasteiger partial charge in [0.2, 0.25) is 0 Å². The fourth-order valence-corrected chi connectivity index (χ4v) is 1.18. The molecule has 0 aliphatic rings. The van der Waals surface area contributed by atoms with Gasteiger partial charge in [-0.1, -0.05) is 30.3 Å². The van der Waals surface area contributed by atoms with Crippen LogP contribution in [0.25, 0.3) is 0 Å². The van der Waals surface area contributed by atoms with Crippen molar-refractivity contribution in [2.45, 2.75) is 6.54 Å². The second-order valence-electron chi connectivity index (χ2n) is 2.60. The van der Waals surface area contributed by atoms with Crippen LogP contribution in [-0.2, 0) is 6.54 Å². The predicted octanol–water partition coefficient (Wildman–Crippen LogP) is 1.33. The molecular weight excluding hydrogens is 170 g/mol. The van der Waals surface area contributed by atoms with Crippen molar-refractivity contribution in [2.24, 2.45) is 0 Å². The monoisotopic (exact) mass is 183 g/mol. The number of nitrogens with zero attached hydrogens (tertiary/aromatic N) is 1. The zero-order valence-electron chi connectivity index (χ0n) is 6.85. The molecule has 0 atom stereocenters. The highest BCUT2D eigenvalue weighted by molar-refractivity contribution is 7.80. The van der Waals surface area contributed by atoms with Gasteiger partial charge in [0.1, 0.15) is 0 Å². The van der Waals surface area contributed by atoms with Gasteiger partial charge in [-0.05, 0) is 5.56 Å². The Morgan fingerprint density at radius 2 is 1.92 bits per heavy atom. The van der Waals surface area contributed by atoms with Gasteiger partial charge >= 0.3 is 0 Å². The first-order valence-electron chi connectivity index (χ1n) is 3.85. The maximum atomic E-state index is 8.86. The quantitative estimate of drug-likeness (QED) is 0.543. The molecule has 1 rings (SSSR count). The second kappa shape index (κ2) is 5.19. The van der Waals surface area contributed by atoms with Crippen LogP contribution >= 0.6 is 12.6 Å². The van der Waals surface area contributed by atoms with E-state index in [-0.39, 0.29) is 6.73 Å². The van der Waals surface area contributed by atoms with Crippen molar-refractivity contribution >= 4 is 12.6 Å². The van der Waals surface area contributed by atoms with Crippen LogP contribution in [0.1, 0.15) is 5.56 Å².